The highest BCUT2D eigenvalue weighted by atomic mass is 16.5. The molecule has 25 heavy (non-hydrogen) atoms. The van der Waals surface area contributed by atoms with Gasteiger partial charge in [-0.15, -0.1) is 0 Å². The number of carbonyl (C=O) groups is 2. The molecule has 1 fully saturated rings. The molecular formula is C20H22N2O3. The fraction of sp³-hybridized carbons (Fsp3) is 0.300. The van der Waals surface area contributed by atoms with Gasteiger partial charge in [0.05, 0.1) is 7.11 Å². The van der Waals surface area contributed by atoms with Crippen molar-refractivity contribution in [3.8, 4) is 5.75 Å². The Balaban J connectivity index is 1.73. The lowest BCUT2D eigenvalue weighted by Gasteiger charge is -2.24. The summed E-state index contributed by atoms with van der Waals surface area (Å²) in [4.78, 5) is 27.1. The van der Waals surface area contributed by atoms with Crippen LogP contribution in [0.15, 0.2) is 48.5 Å². The number of hydrogen-bond donors (Lipinski definition) is 1. The molecular weight excluding hydrogens is 316 g/mol. The van der Waals surface area contributed by atoms with Gasteiger partial charge >= 0.3 is 0 Å². The number of ether oxygens (including phenoxy) is 1. The van der Waals surface area contributed by atoms with Gasteiger partial charge in [-0.1, -0.05) is 23.8 Å². The van der Waals surface area contributed by atoms with Crippen LogP contribution in [0.5, 0.6) is 5.75 Å². The van der Waals surface area contributed by atoms with Crippen LogP contribution in [-0.2, 0) is 4.79 Å². The van der Waals surface area contributed by atoms with Gasteiger partial charge in [-0.25, -0.2) is 0 Å². The first-order chi connectivity index (χ1) is 12.1. The van der Waals surface area contributed by atoms with Crippen LogP contribution >= 0.6 is 0 Å². The lowest BCUT2D eigenvalue weighted by molar-refractivity contribution is -0.119. The zero-order chi connectivity index (χ0) is 17.8. The van der Waals surface area contributed by atoms with Gasteiger partial charge in [0, 0.05) is 17.8 Å². The molecule has 3 rings (SSSR count). The van der Waals surface area contributed by atoms with Crippen LogP contribution < -0.4 is 10.1 Å². The van der Waals surface area contributed by atoms with Crippen LogP contribution in [0.4, 0.5) is 5.69 Å². The van der Waals surface area contributed by atoms with Gasteiger partial charge in [-0.2, -0.15) is 0 Å². The number of nitrogens with one attached hydrogen (secondary N) is 1. The molecule has 2 aromatic rings. The minimum absolute atomic E-state index is 0.138. The number of methoxy groups -OCH3 is 1. The SMILES string of the molecule is COc1cccc(C(=O)N2CCCC2C(=O)Nc2ccc(C)cc2)c1. The summed E-state index contributed by atoms with van der Waals surface area (Å²) in [6.45, 7) is 2.58. The largest absolute Gasteiger partial charge is 0.497 e. The van der Waals surface area contributed by atoms with Gasteiger partial charge in [-0.3, -0.25) is 9.59 Å². The minimum atomic E-state index is -0.444. The van der Waals surface area contributed by atoms with E-state index < -0.39 is 6.04 Å². The summed E-state index contributed by atoms with van der Waals surface area (Å²) in [7, 11) is 1.57. The Labute approximate surface area is 147 Å². The highest BCUT2D eigenvalue weighted by Gasteiger charge is 2.34. The Kier molecular flexibility index (Phi) is 5.03. The number of amides is 2. The highest BCUT2D eigenvalue weighted by Crippen LogP contribution is 2.23. The molecule has 1 unspecified atom stereocenters. The molecule has 0 saturated carbocycles. The number of benzene rings is 2. The van der Waals surface area contributed by atoms with E-state index in [4.69, 9.17) is 4.74 Å². The molecule has 1 aliphatic heterocycles. The average Bonchev–Trinajstić information content (AvgIpc) is 3.13. The van der Waals surface area contributed by atoms with Crippen LogP contribution in [-0.4, -0.2) is 36.4 Å². The predicted octanol–water partition coefficient (Wildman–Crippen LogP) is 3.25. The van der Waals surface area contributed by atoms with Crippen LogP contribution in [0, 0.1) is 6.92 Å². The summed E-state index contributed by atoms with van der Waals surface area (Å²) in [6, 6.07) is 14.2. The molecule has 1 aliphatic rings. The second-order valence-electron chi connectivity index (χ2n) is 6.24. The number of hydrogen-bond acceptors (Lipinski definition) is 3. The maximum Gasteiger partial charge on any atom is 0.254 e. The van der Waals surface area contributed by atoms with E-state index in [2.05, 4.69) is 5.32 Å². The molecule has 1 heterocycles. The molecule has 2 amide bonds. The number of aryl methyl sites for hydroxylation is 1. The van der Waals surface area contributed by atoms with E-state index in [1.54, 1.807) is 36.3 Å². The molecule has 5 nitrogen and oxygen atoms in total. The molecule has 2 aromatic carbocycles. The Morgan fingerprint density at radius 1 is 1.16 bits per heavy atom. The van der Waals surface area contributed by atoms with Crippen LogP contribution in [0.1, 0.15) is 28.8 Å². The van der Waals surface area contributed by atoms with E-state index in [-0.39, 0.29) is 11.8 Å². The molecule has 130 valence electrons. The summed E-state index contributed by atoms with van der Waals surface area (Å²) >= 11 is 0. The molecule has 0 bridgehead atoms. The van der Waals surface area contributed by atoms with E-state index in [1.807, 2.05) is 31.2 Å². The second kappa shape index (κ2) is 7.38. The molecule has 0 radical (unpaired) electrons. The average molecular weight is 338 g/mol. The van der Waals surface area contributed by atoms with Gasteiger partial charge in [-0.05, 0) is 50.1 Å². The van der Waals surface area contributed by atoms with Crippen molar-refractivity contribution < 1.29 is 14.3 Å². The highest BCUT2D eigenvalue weighted by molar-refractivity contribution is 6.01. The van der Waals surface area contributed by atoms with Gasteiger partial charge in [0.1, 0.15) is 11.8 Å². The molecule has 0 spiro atoms. The van der Waals surface area contributed by atoms with E-state index in [9.17, 15) is 9.59 Å². The Morgan fingerprint density at radius 2 is 1.92 bits per heavy atom. The van der Waals surface area contributed by atoms with Gasteiger partial charge in [0.15, 0.2) is 0 Å². The van der Waals surface area contributed by atoms with Crippen LogP contribution in [0.25, 0.3) is 0 Å². The van der Waals surface area contributed by atoms with Crippen molar-refractivity contribution in [1.29, 1.82) is 0 Å². The standard InChI is InChI=1S/C20H22N2O3/c1-14-8-10-16(11-9-14)21-19(23)18-7-4-12-22(18)20(24)15-5-3-6-17(13-15)25-2/h3,5-6,8-11,13,18H,4,7,12H2,1-2H3,(H,21,23). The first-order valence-electron chi connectivity index (χ1n) is 8.41. The zero-order valence-corrected chi connectivity index (χ0v) is 14.5. The van der Waals surface area contributed by atoms with Crippen molar-refractivity contribution >= 4 is 17.5 Å². The first-order valence-corrected chi connectivity index (χ1v) is 8.41. The number of anilines is 1. The molecule has 5 heteroatoms. The summed E-state index contributed by atoms with van der Waals surface area (Å²) < 4.78 is 5.18. The lowest BCUT2D eigenvalue weighted by atomic mass is 10.1. The third-order valence-electron chi connectivity index (χ3n) is 4.45. The molecule has 1 N–H and O–H groups in total. The van der Waals surface area contributed by atoms with E-state index in [1.165, 1.54) is 0 Å². The van der Waals surface area contributed by atoms with Crippen LogP contribution in [0.2, 0.25) is 0 Å². The smallest absolute Gasteiger partial charge is 0.254 e. The van der Waals surface area contributed by atoms with Gasteiger partial charge in [0.25, 0.3) is 5.91 Å². The van der Waals surface area contributed by atoms with Crippen molar-refractivity contribution in [2.45, 2.75) is 25.8 Å². The minimum Gasteiger partial charge on any atom is -0.497 e. The quantitative estimate of drug-likeness (QED) is 0.931. The first kappa shape index (κ1) is 17.0. The monoisotopic (exact) mass is 338 g/mol. The second-order valence-corrected chi connectivity index (χ2v) is 6.24. The van der Waals surface area contributed by atoms with Crippen LogP contribution in [0.3, 0.4) is 0 Å². The molecule has 1 saturated heterocycles. The number of nitrogens with zero attached hydrogens (tertiary/aromatic N) is 1. The normalized spacial score (nSPS) is 16.6. The topological polar surface area (TPSA) is 58.6 Å². The fourth-order valence-corrected chi connectivity index (χ4v) is 3.07. The van der Waals surface area contributed by atoms with E-state index in [0.717, 1.165) is 17.7 Å². The summed E-state index contributed by atoms with van der Waals surface area (Å²) in [6.07, 6.45) is 1.50. The van der Waals surface area contributed by atoms with E-state index >= 15 is 0 Å². The fourth-order valence-electron chi connectivity index (χ4n) is 3.07. The molecule has 0 aliphatic carbocycles. The zero-order valence-electron chi connectivity index (χ0n) is 14.5. The van der Waals surface area contributed by atoms with E-state index in [0.29, 0.717) is 24.3 Å². The predicted molar refractivity (Wildman–Crippen MR) is 96.9 cm³/mol. The summed E-state index contributed by atoms with van der Waals surface area (Å²) in [5.74, 6) is 0.351. The summed E-state index contributed by atoms with van der Waals surface area (Å²) in [5, 5.41) is 2.91. The molecule has 1 atom stereocenters. The number of carbonyl (C=O) groups excluding carboxylic acids is 2. The third-order valence-corrected chi connectivity index (χ3v) is 4.45. The maximum absolute atomic E-state index is 12.8. The summed E-state index contributed by atoms with van der Waals surface area (Å²) in [5.41, 5.74) is 2.42. The Bertz CT molecular complexity index is 771. The lowest BCUT2D eigenvalue weighted by Crippen LogP contribution is -2.43. The van der Waals surface area contributed by atoms with Gasteiger partial charge < -0.3 is 15.0 Å². The van der Waals surface area contributed by atoms with Crippen molar-refractivity contribution in [3.05, 3.63) is 59.7 Å². The Hall–Kier alpha value is -2.82. The van der Waals surface area contributed by atoms with Crippen molar-refractivity contribution in [3.63, 3.8) is 0 Å². The molecule has 0 aromatic heterocycles. The maximum atomic E-state index is 12.8. The third kappa shape index (κ3) is 3.82. The van der Waals surface area contributed by atoms with Crippen molar-refractivity contribution in [2.24, 2.45) is 0 Å². The van der Waals surface area contributed by atoms with Crippen molar-refractivity contribution in [1.82, 2.24) is 4.90 Å². The number of rotatable bonds is 4. The number of likely N-dealkylation sites (tertiary alicyclic amines) is 1. The van der Waals surface area contributed by atoms with Crippen molar-refractivity contribution in [2.75, 3.05) is 19.0 Å². The van der Waals surface area contributed by atoms with Gasteiger partial charge in [0.2, 0.25) is 5.91 Å². The Morgan fingerprint density at radius 3 is 2.64 bits per heavy atom.